The van der Waals surface area contributed by atoms with Crippen molar-refractivity contribution in [3.63, 3.8) is 0 Å². The van der Waals surface area contributed by atoms with Gasteiger partial charge in [-0.05, 0) is 54.2 Å². The van der Waals surface area contributed by atoms with Crippen LogP contribution < -0.4 is 15.4 Å². The van der Waals surface area contributed by atoms with E-state index in [0.29, 0.717) is 27.1 Å². The van der Waals surface area contributed by atoms with Crippen molar-refractivity contribution >= 4 is 46.0 Å². The number of anilines is 2. The summed E-state index contributed by atoms with van der Waals surface area (Å²) in [5, 5.41) is 18.2. The highest BCUT2D eigenvalue weighted by Crippen LogP contribution is 2.31. The molecular formula is C20H16ClN3O3S. The molecule has 0 atom stereocenters. The normalized spacial score (nSPS) is 10.2. The molecule has 0 unspecified atom stereocenters. The standard InChI is InChI=1S/C20H16ClN3O3S/c1-27-19-11-8-14(21)12-17(19)23-20(28)22-15-9-6-13(7-10-15)16-4-2-3-5-18(16)24(25)26/h2-12H,1H3,(H2,22,23,28). The minimum absolute atomic E-state index is 0.0634. The van der Waals surface area contributed by atoms with Crippen LogP contribution in [0.5, 0.6) is 5.75 Å². The maximum absolute atomic E-state index is 11.2. The first-order valence-electron chi connectivity index (χ1n) is 8.23. The zero-order valence-electron chi connectivity index (χ0n) is 14.8. The predicted molar refractivity (Wildman–Crippen MR) is 116 cm³/mol. The summed E-state index contributed by atoms with van der Waals surface area (Å²) in [6.45, 7) is 0. The summed E-state index contributed by atoms with van der Waals surface area (Å²) in [6.07, 6.45) is 0. The molecule has 0 aliphatic heterocycles. The number of nitro benzene ring substituents is 1. The van der Waals surface area contributed by atoms with Crippen molar-refractivity contribution in [2.45, 2.75) is 0 Å². The molecule has 8 heteroatoms. The average molecular weight is 414 g/mol. The second kappa shape index (κ2) is 8.69. The van der Waals surface area contributed by atoms with Crippen LogP contribution in [-0.4, -0.2) is 17.1 Å². The zero-order valence-corrected chi connectivity index (χ0v) is 16.4. The number of nitrogens with one attached hydrogen (secondary N) is 2. The van der Waals surface area contributed by atoms with E-state index in [1.807, 2.05) is 0 Å². The highest BCUT2D eigenvalue weighted by molar-refractivity contribution is 7.80. The topological polar surface area (TPSA) is 76.4 Å². The summed E-state index contributed by atoms with van der Waals surface area (Å²) in [5.41, 5.74) is 2.75. The van der Waals surface area contributed by atoms with Gasteiger partial charge in [0.2, 0.25) is 0 Å². The second-order valence-corrected chi connectivity index (χ2v) is 6.62. The molecule has 3 aromatic rings. The first kappa shape index (κ1) is 19.6. The maximum Gasteiger partial charge on any atom is 0.277 e. The molecule has 0 aliphatic rings. The fourth-order valence-electron chi connectivity index (χ4n) is 2.67. The van der Waals surface area contributed by atoms with Gasteiger partial charge in [0.15, 0.2) is 5.11 Å². The summed E-state index contributed by atoms with van der Waals surface area (Å²) in [6, 6.07) is 19.0. The number of ether oxygens (including phenoxy) is 1. The Kier molecular flexibility index (Phi) is 6.08. The van der Waals surface area contributed by atoms with Crippen molar-refractivity contribution in [2.24, 2.45) is 0 Å². The molecule has 0 fully saturated rings. The van der Waals surface area contributed by atoms with E-state index in [1.54, 1.807) is 67.8 Å². The molecule has 0 aromatic heterocycles. The Morgan fingerprint density at radius 1 is 1.07 bits per heavy atom. The first-order chi connectivity index (χ1) is 13.5. The molecule has 0 bridgehead atoms. The van der Waals surface area contributed by atoms with Gasteiger partial charge in [-0.3, -0.25) is 10.1 Å². The number of rotatable bonds is 5. The van der Waals surface area contributed by atoms with Gasteiger partial charge in [0.25, 0.3) is 5.69 Å². The zero-order chi connectivity index (χ0) is 20.1. The second-order valence-electron chi connectivity index (χ2n) is 5.78. The number of para-hydroxylation sites is 1. The lowest BCUT2D eigenvalue weighted by molar-refractivity contribution is -0.384. The van der Waals surface area contributed by atoms with E-state index in [0.717, 1.165) is 11.3 Å². The van der Waals surface area contributed by atoms with E-state index in [9.17, 15) is 10.1 Å². The molecular weight excluding hydrogens is 398 g/mol. The fourth-order valence-corrected chi connectivity index (χ4v) is 3.07. The molecule has 142 valence electrons. The van der Waals surface area contributed by atoms with E-state index in [4.69, 9.17) is 28.6 Å². The van der Waals surface area contributed by atoms with Gasteiger partial charge in [-0.2, -0.15) is 0 Å². The van der Waals surface area contributed by atoms with Crippen molar-refractivity contribution in [1.82, 2.24) is 0 Å². The Morgan fingerprint density at radius 3 is 2.46 bits per heavy atom. The molecule has 0 amide bonds. The molecule has 2 N–H and O–H groups in total. The Morgan fingerprint density at radius 2 is 1.79 bits per heavy atom. The third-order valence-electron chi connectivity index (χ3n) is 3.96. The van der Waals surface area contributed by atoms with E-state index >= 15 is 0 Å². The molecule has 0 radical (unpaired) electrons. The Labute approximate surface area is 172 Å². The average Bonchev–Trinajstić information content (AvgIpc) is 2.68. The SMILES string of the molecule is COc1ccc(Cl)cc1NC(=S)Nc1ccc(-c2ccccc2[N+](=O)[O-])cc1. The van der Waals surface area contributed by atoms with Gasteiger partial charge in [0, 0.05) is 16.8 Å². The van der Waals surface area contributed by atoms with Gasteiger partial charge in [0.05, 0.1) is 23.3 Å². The molecule has 3 rings (SSSR count). The highest BCUT2D eigenvalue weighted by Gasteiger charge is 2.14. The van der Waals surface area contributed by atoms with Crippen molar-refractivity contribution in [2.75, 3.05) is 17.7 Å². The highest BCUT2D eigenvalue weighted by atomic mass is 35.5. The molecule has 3 aromatic carbocycles. The summed E-state index contributed by atoms with van der Waals surface area (Å²) in [4.78, 5) is 10.8. The van der Waals surface area contributed by atoms with Crippen molar-refractivity contribution in [1.29, 1.82) is 0 Å². The Balaban J connectivity index is 1.74. The van der Waals surface area contributed by atoms with Gasteiger partial charge in [-0.25, -0.2) is 0 Å². The molecule has 6 nitrogen and oxygen atoms in total. The van der Waals surface area contributed by atoms with Crippen molar-refractivity contribution in [3.8, 4) is 16.9 Å². The number of hydrogen-bond donors (Lipinski definition) is 2. The van der Waals surface area contributed by atoms with Crippen LogP contribution >= 0.6 is 23.8 Å². The third-order valence-corrected chi connectivity index (χ3v) is 4.40. The minimum Gasteiger partial charge on any atom is -0.495 e. The monoisotopic (exact) mass is 413 g/mol. The number of benzene rings is 3. The molecule has 0 heterocycles. The van der Waals surface area contributed by atoms with Crippen LogP contribution in [0.2, 0.25) is 5.02 Å². The van der Waals surface area contributed by atoms with Crippen LogP contribution in [0.1, 0.15) is 0 Å². The van der Waals surface area contributed by atoms with Gasteiger partial charge in [-0.15, -0.1) is 0 Å². The van der Waals surface area contributed by atoms with Crippen LogP contribution in [0.3, 0.4) is 0 Å². The van der Waals surface area contributed by atoms with E-state index < -0.39 is 0 Å². The van der Waals surface area contributed by atoms with Gasteiger partial charge < -0.3 is 15.4 Å². The Bertz CT molecular complexity index is 1030. The van der Waals surface area contributed by atoms with E-state index in [1.165, 1.54) is 6.07 Å². The van der Waals surface area contributed by atoms with Gasteiger partial charge >= 0.3 is 0 Å². The molecule has 0 aliphatic carbocycles. The lowest BCUT2D eigenvalue weighted by Crippen LogP contribution is -2.19. The maximum atomic E-state index is 11.2. The molecule has 0 saturated carbocycles. The van der Waals surface area contributed by atoms with Crippen LogP contribution in [0.15, 0.2) is 66.7 Å². The Hall–Kier alpha value is -3.16. The number of hydrogen-bond acceptors (Lipinski definition) is 4. The number of halogens is 1. The van der Waals surface area contributed by atoms with Crippen molar-refractivity contribution < 1.29 is 9.66 Å². The van der Waals surface area contributed by atoms with E-state index in [2.05, 4.69) is 10.6 Å². The summed E-state index contributed by atoms with van der Waals surface area (Å²) in [5.74, 6) is 0.611. The smallest absolute Gasteiger partial charge is 0.277 e. The number of thiocarbonyl (C=S) groups is 1. The number of nitrogens with zero attached hydrogens (tertiary/aromatic N) is 1. The van der Waals surface area contributed by atoms with Crippen LogP contribution in [0.4, 0.5) is 17.1 Å². The summed E-state index contributed by atoms with van der Waals surface area (Å²) >= 11 is 11.4. The van der Waals surface area contributed by atoms with Crippen LogP contribution in [-0.2, 0) is 0 Å². The first-order valence-corrected chi connectivity index (χ1v) is 9.02. The lowest BCUT2D eigenvalue weighted by atomic mass is 10.0. The predicted octanol–water partition coefficient (Wildman–Crippen LogP) is 5.73. The fraction of sp³-hybridized carbons (Fsp3) is 0.0500. The van der Waals surface area contributed by atoms with Gasteiger partial charge in [-0.1, -0.05) is 35.9 Å². The molecule has 0 spiro atoms. The van der Waals surface area contributed by atoms with Crippen molar-refractivity contribution in [3.05, 3.63) is 81.9 Å². The quantitative estimate of drug-likeness (QED) is 0.316. The van der Waals surface area contributed by atoms with E-state index in [-0.39, 0.29) is 10.6 Å². The summed E-state index contributed by atoms with van der Waals surface area (Å²) < 4.78 is 5.28. The molecule has 0 saturated heterocycles. The minimum atomic E-state index is -0.390. The number of methoxy groups -OCH3 is 1. The van der Waals surface area contributed by atoms with Crippen LogP contribution in [0, 0.1) is 10.1 Å². The van der Waals surface area contributed by atoms with Gasteiger partial charge in [0.1, 0.15) is 5.75 Å². The largest absolute Gasteiger partial charge is 0.495 e. The third kappa shape index (κ3) is 4.57. The van der Waals surface area contributed by atoms with Crippen LogP contribution in [0.25, 0.3) is 11.1 Å². The molecule has 28 heavy (non-hydrogen) atoms. The summed E-state index contributed by atoms with van der Waals surface area (Å²) in [7, 11) is 1.56. The number of nitro groups is 1. The lowest BCUT2D eigenvalue weighted by Gasteiger charge is -2.14.